The molecule has 1 aromatic heterocycles. The second kappa shape index (κ2) is 13.2. The number of pyridine rings is 1. The fourth-order valence-corrected chi connectivity index (χ4v) is 6.75. The molecule has 2 N–H and O–H groups in total. The summed E-state index contributed by atoms with van der Waals surface area (Å²) >= 11 is 6.60. The molecular weight excluding hydrogens is 576 g/mol. The van der Waals surface area contributed by atoms with Crippen molar-refractivity contribution in [3.8, 4) is 0 Å². The molecule has 1 saturated carbocycles. The number of nitrogens with zero attached hydrogens (tertiary/aromatic N) is 9. The van der Waals surface area contributed by atoms with Gasteiger partial charge in [0.25, 0.3) is 5.91 Å². The highest BCUT2D eigenvalue weighted by atomic mass is 35.5. The zero-order chi connectivity index (χ0) is 29.6. The normalized spacial score (nSPS) is 22.3. The Hall–Kier alpha value is -3.91. The smallest absolute Gasteiger partial charge is 0.315 e. The van der Waals surface area contributed by atoms with E-state index in [-0.39, 0.29) is 23.7 Å². The minimum Gasteiger partial charge on any atom is -0.465 e. The van der Waals surface area contributed by atoms with Crippen LogP contribution in [-0.2, 0) is 19.6 Å². The van der Waals surface area contributed by atoms with E-state index in [1.165, 1.54) is 17.3 Å². The van der Waals surface area contributed by atoms with Crippen molar-refractivity contribution < 1.29 is 22.7 Å². The van der Waals surface area contributed by atoms with Gasteiger partial charge in [0, 0.05) is 27.8 Å². The first kappa shape index (κ1) is 30.1. The Labute approximate surface area is 240 Å². The standard InChI is InChI=1S/C24H27ClN10O5S/c25-18-13-29-10-9-17(18)22-21(24(37)40-12-11-30-32-26)15-5-1-2-6-16(15)23(36)34(22)19-7-3-4-8-20(19)35(28)41(38,39)14-31-33-27/h1-2,5-6,9-10,13,19-22H,3-4,7-8,11-12,14,28H2/t19-,20-,21+,22-/m0/s1. The maximum atomic E-state index is 14.3. The lowest BCUT2D eigenvalue weighted by Crippen LogP contribution is -2.61. The van der Waals surface area contributed by atoms with Crippen molar-refractivity contribution in [2.24, 2.45) is 16.1 Å². The van der Waals surface area contributed by atoms with Crippen LogP contribution in [0.3, 0.4) is 0 Å². The monoisotopic (exact) mass is 602 g/mol. The molecule has 1 fully saturated rings. The van der Waals surface area contributed by atoms with Crippen molar-refractivity contribution in [2.75, 3.05) is 19.0 Å². The summed E-state index contributed by atoms with van der Waals surface area (Å²) in [5, 5.41) is 6.76. The Kier molecular flexibility index (Phi) is 9.65. The van der Waals surface area contributed by atoms with E-state index in [0.717, 1.165) is 0 Å². The number of sulfonamides is 1. The summed E-state index contributed by atoms with van der Waals surface area (Å²) in [5.74, 6) is 3.09. The van der Waals surface area contributed by atoms with Crippen LogP contribution in [0.15, 0.2) is 53.0 Å². The quantitative estimate of drug-likeness (QED) is 0.0800. The van der Waals surface area contributed by atoms with Crippen molar-refractivity contribution in [3.63, 3.8) is 0 Å². The highest BCUT2D eigenvalue weighted by Crippen LogP contribution is 2.48. The van der Waals surface area contributed by atoms with Gasteiger partial charge in [-0.25, -0.2) is 8.42 Å². The van der Waals surface area contributed by atoms with Gasteiger partial charge in [0.1, 0.15) is 11.8 Å². The summed E-state index contributed by atoms with van der Waals surface area (Å²) in [6.45, 7) is -0.275. The predicted molar refractivity (Wildman–Crippen MR) is 147 cm³/mol. The minimum absolute atomic E-state index is 0.0875. The van der Waals surface area contributed by atoms with Gasteiger partial charge in [0.2, 0.25) is 10.0 Å². The average molecular weight is 603 g/mol. The second-order valence-corrected chi connectivity index (χ2v) is 11.7. The number of hydrogen-bond donors (Lipinski definition) is 1. The minimum atomic E-state index is -4.22. The molecule has 216 valence electrons. The third-order valence-electron chi connectivity index (χ3n) is 7.23. The van der Waals surface area contributed by atoms with Crippen LogP contribution in [0.5, 0.6) is 0 Å². The molecule has 0 spiro atoms. The molecule has 2 aliphatic rings. The Morgan fingerprint density at radius 3 is 2.63 bits per heavy atom. The maximum absolute atomic E-state index is 14.3. The van der Waals surface area contributed by atoms with Gasteiger partial charge in [0.05, 0.1) is 36.3 Å². The Morgan fingerprint density at radius 2 is 1.90 bits per heavy atom. The van der Waals surface area contributed by atoms with Crippen LogP contribution in [0.4, 0.5) is 0 Å². The van der Waals surface area contributed by atoms with E-state index in [2.05, 4.69) is 25.0 Å². The molecule has 0 unspecified atom stereocenters. The molecule has 15 nitrogen and oxygen atoms in total. The van der Waals surface area contributed by atoms with E-state index in [0.29, 0.717) is 41.2 Å². The SMILES string of the molecule is [N-]=[N+]=NCCOC(=O)[C@@H]1c2ccccc2C(=O)N([C@H]2CCCC[C@@H]2N(N)S(=O)(=O)CN=[N+]=[N-])[C@H]1c1ccncc1Cl. The number of hydrazine groups is 1. The number of fused-ring (bicyclic) bond motifs is 1. The Bertz CT molecular complexity index is 1510. The summed E-state index contributed by atoms with van der Waals surface area (Å²) in [5.41, 5.74) is 18.3. The lowest BCUT2D eigenvalue weighted by Gasteiger charge is -2.50. The predicted octanol–water partition coefficient (Wildman–Crippen LogP) is 3.95. The number of halogens is 1. The largest absolute Gasteiger partial charge is 0.465 e. The number of aromatic nitrogens is 1. The third kappa shape index (κ3) is 6.22. The van der Waals surface area contributed by atoms with Gasteiger partial charge >= 0.3 is 5.97 Å². The first-order valence-electron chi connectivity index (χ1n) is 12.7. The van der Waals surface area contributed by atoms with Gasteiger partial charge < -0.3 is 9.64 Å². The highest BCUT2D eigenvalue weighted by molar-refractivity contribution is 7.89. The van der Waals surface area contributed by atoms with Gasteiger partial charge in [-0.2, -0.15) is 0 Å². The molecule has 1 amide bonds. The van der Waals surface area contributed by atoms with Crippen molar-refractivity contribution in [2.45, 2.75) is 49.7 Å². The summed E-state index contributed by atoms with van der Waals surface area (Å²) in [4.78, 5) is 38.7. The number of rotatable bonds is 10. The van der Waals surface area contributed by atoms with Gasteiger partial charge in [-0.1, -0.05) is 52.9 Å². The first-order valence-corrected chi connectivity index (χ1v) is 14.7. The van der Waals surface area contributed by atoms with E-state index >= 15 is 0 Å². The molecule has 4 atom stereocenters. The van der Waals surface area contributed by atoms with Crippen LogP contribution in [0.2, 0.25) is 5.02 Å². The molecule has 2 heterocycles. The summed E-state index contributed by atoms with van der Waals surface area (Å²) in [7, 11) is -4.22. The molecule has 41 heavy (non-hydrogen) atoms. The maximum Gasteiger partial charge on any atom is 0.315 e. The fourth-order valence-electron chi connectivity index (χ4n) is 5.53. The van der Waals surface area contributed by atoms with Gasteiger partial charge in [-0.3, -0.25) is 20.4 Å². The lowest BCUT2D eigenvalue weighted by atomic mass is 9.77. The molecule has 0 bridgehead atoms. The van der Waals surface area contributed by atoms with Gasteiger partial charge in [-0.05, 0) is 47.2 Å². The number of nitrogens with two attached hydrogens (primary N) is 1. The van der Waals surface area contributed by atoms with Crippen LogP contribution < -0.4 is 5.84 Å². The highest BCUT2D eigenvalue weighted by Gasteiger charge is 2.51. The number of esters is 1. The Morgan fingerprint density at radius 1 is 1.17 bits per heavy atom. The molecule has 1 aliphatic heterocycles. The number of carbonyl (C=O) groups is 2. The first-order chi connectivity index (χ1) is 19.7. The molecule has 17 heteroatoms. The van der Waals surface area contributed by atoms with Crippen molar-refractivity contribution in [1.29, 1.82) is 0 Å². The zero-order valence-electron chi connectivity index (χ0n) is 21.7. The number of hydrogen-bond acceptors (Lipinski definition) is 9. The van der Waals surface area contributed by atoms with Crippen LogP contribution in [0, 0.1) is 0 Å². The number of carbonyl (C=O) groups excluding carboxylic acids is 2. The average Bonchev–Trinajstić information content (AvgIpc) is 2.98. The van der Waals surface area contributed by atoms with E-state index in [1.807, 2.05) is 0 Å². The van der Waals surface area contributed by atoms with E-state index < -0.39 is 51.8 Å². The number of azide groups is 2. The molecular formula is C24H27ClN10O5S. The fraction of sp³-hybridized carbons (Fsp3) is 0.458. The molecule has 0 saturated heterocycles. The molecule has 2 aromatic rings. The van der Waals surface area contributed by atoms with E-state index in [4.69, 9.17) is 33.2 Å². The number of benzene rings is 1. The van der Waals surface area contributed by atoms with Crippen LogP contribution in [0.1, 0.15) is 59.1 Å². The molecule has 0 radical (unpaired) electrons. The number of amides is 1. The summed E-state index contributed by atoms with van der Waals surface area (Å²) in [6, 6.07) is 5.52. The van der Waals surface area contributed by atoms with E-state index in [1.54, 1.807) is 30.3 Å². The van der Waals surface area contributed by atoms with E-state index in [9.17, 15) is 18.0 Å². The van der Waals surface area contributed by atoms with Crippen LogP contribution in [-0.4, -0.2) is 65.7 Å². The van der Waals surface area contributed by atoms with Gasteiger partial charge in [-0.15, -0.1) is 4.41 Å². The molecule has 1 aliphatic carbocycles. The Balaban J connectivity index is 1.88. The van der Waals surface area contributed by atoms with Crippen molar-refractivity contribution in [3.05, 3.63) is 85.3 Å². The molecule has 1 aromatic carbocycles. The third-order valence-corrected chi connectivity index (χ3v) is 8.91. The lowest BCUT2D eigenvalue weighted by molar-refractivity contribution is -0.147. The second-order valence-electron chi connectivity index (χ2n) is 9.46. The number of ether oxygens (including phenoxy) is 1. The van der Waals surface area contributed by atoms with Crippen molar-refractivity contribution >= 4 is 33.5 Å². The zero-order valence-corrected chi connectivity index (χ0v) is 23.3. The summed E-state index contributed by atoms with van der Waals surface area (Å²) < 4.78 is 32.0. The van der Waals surface area contributed by atoms with Crippen LogP contribution >= 0.6 is 11.6 Å². The summed E-state index contributed by atoms with van der Waals surface area (Å²) in [6.07, 6.45) is 4.86. The van der Waals surface area contributed by atoms with Gasteiger partial charge in [0.15, 0.2) is 0 Å². The van der Waals surface area contributed by atoms with Crippen molar-refractivity contribution in [1.82, 2.24) is 14.3 Å². The van der Waals surface area contributed by atoms with Crippen LogP contribution in [0.25, 0.3) is 20.9 Å². The topological polar surface area (TPSA) is 220 Å². The molecule has 4 rings (SSSR count).